The smallest absolute Gasteiger partial charge is 0.346 e. The number of halogens is 2. The molecular weight excluding hydrogens is 610 g/mol. The largest absolute Gasteiger partial charge is 0.407 e. The van der Waals surface area contributed by atoms with Gasteiger partial charge in [0.1, 0.15) is 5.41 Å². The Hall–Kier alpha value is -1.82. The fourth-order valence-corrected chi connectivity index (χ4v) is 5.15. The van der Waals surface area contributed by atoms with Crippen molar-refractivity contribution in [2.24, 2.45) is 0 Å². The fourth-order valence-electron chi connectivity index (χ4n) is 4.17. The van der Waals surface area contributed by atoms with Gasteiger partial charge in [0.15, 0.2) is 0 Å². The first kappa shape index (κ1) is 20.1. The number of fused-ring (bicyclic) bond motifs is 2. The minimum Gasteiger partial charge on any atom is -0.407 e. The van der Waals surface area contributed by atoms with E-state index in [1.807, 2.05) is 24.3 Å². The molecule has 0 spiro atoms. The zero-order valence-electron chi connectivity index (χ0n) is 15.8. The second-order valence-electron chi connectivity index (χ2n) is 7.58. The average Bonchev–Trinajstić information content (AvgIpc) is 2.75. The first-order valence-corrected chi connectivity index (χ1v) is 11.8. The van der Waals surface area contributed by atoms with E-state index < -0.39 is 16.7 Å². The third-order valence-electron chi connectivity index (χ3n) is 5.71. The molecule has 8 heteroatoms. The van der Waals surface area contributed by atoms with Gasteiger partial charge in [-0.1, -0.05) is 19.3 Å². The predicted molar refractivity (Wildman–Crippen MR) is 130 cm³/mol. The van der Waals surface area contributed by atoms with Crippen LogP contribution in [-0.4, -0.2) is 9.97 Å². The number of rotatable bonds is 2. The molecule has 6 nitrogen and oxygen atoms in total. The van der Waals surface area contributed by atoms with Crippen LogP contribution in [0.15, 0.2) is 54.8 Å². The molecule has 4 aromatic rings. The Morgan fingerprint density at radius 2 is 1.20 bits per heavy atom. The Morgan fingerprint density at radius 3 is 1.67 bits per heavy atom. The highest BCUT2D eigenvalue weighted by Gasteiger charge is 2.44. The summed E-state index contributed by atoms with van der Waals surface area (Å²) in [7, 11) is 0. The lowest BCUT2D eigenvalue weighted by molar-refractivity contribution is 0.214. The van der Waals surface area contributed by atoms with Crippen LogP contribution >= 0.6 is 45.2 Å². The van der Waals surface area contributed by atoms with Crippen molar-refractivity contribution in [3.63, 3.8) is 0 Å². The van der Waals surface area contributed by atoms with Gasteiger partial charge in [-0.15, -0.1) is 0 Å². The van der Waals surface area contributed by atoms with Gasteiger partial charge in [0, 0.05) is 7.14 Å². The second kappa shape index (κ2) is 7.70. The lowest BCUT2D eigenvalue weighted by Gasteiger charge is -2.32. The van der Waals surface area contributed by atoms with Crippen LogP contribution in [-0.2, 0) is 5.41 Å². The van der Waals surface area contributed by atoms with Gasteiger partial charge in [0.2, 0.25) is 11.8 Å². The minimum absolute atomic E-state index is 0.279. The molecule has 0 N–H and O–H groups in total. The molecular formula is C22H16I2N2O4. The number of hydrogen-bond acceptors (Lipinski definition) is 6. The van der Waals surface area contributed by atoms with Crippen molar-refractivity contribution in [1.82, 2.24) is 9.97 Å². The van der Waals surface area contributed by atoms with Crippen LogP contribution in [0, 0.1) is 7.14 Å². The summed E-state index contributed by atoms with van der Waals surface area (Å²) < 4.78 is 13.4. The summed E-state index contributed by atoms with van der Waals surface area (Å²) in [5, 5.41) is 0.887. The van der Waals surface area contributed by atoms with E-state index in [9.17, 15) is 9.59 Å². The molecule has 1 saturated carbocycles. The summed E-state index contributed by atoms with van der Waals surface area (Å²) in [4.78, 5) is 34.9. The molecule has 152 valence electrons. The van der Waals surface area contributed by atoms with E-state index in [2.05, 4.69) is 45.2 Å². The molecule has 0 unspecified atom stereocenters. The third kappa shape index (κ3) is 3.37. The van der Waals surface area contributed by atoms with E-state index in [0.717, 1.165) is 26.4 Å². The maximum atomic E-state index is 12.8. The second-order valence-corrected chi connectivity index (χ2v) is 10.1. The van der Waals surface area contributed by atoms with Crippen LogP contribution in [0.1, 0.15) is 43.9 Å². The Morgan fingerprint density at radius 1 is 0.733 bits per heavy atom. The number of hydrogen-bond donors (Lipinski definition) is 0. The number of aromatic nitrogens is 2. The molecule has 1 aliphatic carbocycles. The first-order chi connectivity index (χ1) is 14.5. The quantitative estimate of drug-likeness (QED) is 0.287. The number of nitrogens with zero attached hydrogens (tertiary/aromatic N) is 2. The molecule has 1 fully saturated rings. The van der Waals surface area contributed by atoms with Crippen LogP contribution in [0.5, 0.6) is 0 Å². The molecule has 0 atom stereocenters. The van der Waals surface area contributed by atoms with Gasteiger partial charge >= 0.3 is 11.3 Å². The summed E-state index contributed by atoms with van der Waals surface area (Å²) in [6.07, 6.45) is 4.20. The molecule has 0 bridgehead atoms. The zero-order chi connectivity index (χ0) is 20.9. The average molecular weight is 626 g/mol. The standard InChI is InChI=1S/C22H16I2N2O4/c23-12-4-6-16-14(10-12)18(27)29-20(25-16)22(8-2-1-3-9-22)21-26-17-7-5-13(24)11-15(17)19(28)30-21/h4-7,10-11H,1-3,8-9H2. The van der Waals surface area contributed by atoms with Crippen molar-refractivity contribution < 1.29 is 8.83 Å². The Bertz CT molecular complexity index is 1300. The van der Waals surface area contributed by atoms with Crippen molar-refractivity contribution in [2.75, 3.05) is 0 Å². The minimum atomic E-state index is -0.828. The van der Waals surface area contributed by atoms with Gasteiger partial charge < -0.3 is 8.83 Å². The molecule has 1 aliphatic rings. The fraction of sp³-hybridized carbons (Fsp3) is 0.273. The summed E-state index contributed by atoms with van der Waals surface area (Å²) in [6, 6.07) is 11.0. The molecule has 30 heavy (non-hydrogen) atoms. The van der Waals surface area contributed by atoms with Gasteiger partial charge in [0.25, 0.3) is 0 Å². The number of benzene rings is 2. The van der Waals surface area contributed by atoms with Crippen molar-refractivity contribution in [2.45, 2.75) is 37.5 Å². The topological polar surface area (TPSA) is 86.2 Å². The van der Waals surface area contributed by atoms with Crippen molar-refractivity contribution in [3.8, 4) is 0 Å². The van der Waals surface area contributed by atoms with Gasteiger partial charge in [0.05, 0.1) is 21.8 Å². The summed E-state index contributed by atoms with van der Waals surface area (Å²) in [5.41, 5.74) is -0.550. The van der Waals surface area contributed by atoms with Crippen LogP contribution in [0.3, 0.4) is 0 Å². The van der Waals surface area contributed by atoms with E-state index in [4.69, 9.17) is 18.8 Å². The zero-order valence-corrected chi connectivity index (χ0v) is 20.1. The van der Waals surface area contributed by atoms with Crippen molar-refractivity contribution >= 4 is 67.0 Å². The SMILES string of the molecule is O=c1oc(C2(c3nc4ccc(I)cc4c(=O)o3)CCCCC2)nc2ccc(I)cc12. The van der Waals surface area contributed by atoms with E-state index in [0.29, 0.717) is 34.6 Å². The highest BCUT2D eigenvalue weighted by Crippen LogP contribution is 2.43. The summed E-state index contributed by atoms with van der Waals surface area (Å²) in [5.74, 6) is 0.558. The van der Waals surface area contributed by atoms with Crippen LogP contribution in [0.2, 0.25) is 0 Å². The van der Waals surface area contributed by atoms with E-state index >= 15 is 0 Å². The molecule has 2 aromatic heterocycles. The molecule has 0 amide bonds. The highest BCUT2D eigenvalue weighted by molar-refractivity contribution is 14.1. The predicted octanol–water partition coefficient (Wildman–Crippen LogP) is 5.15. The van der Waals surface area contributed by atoms with E-state index in [1.165, 1.54) is 0 Å². The van der Waals surface area contributed by atoms with Crippen LogP contribution < -0.4 is 11.3 Å². The summed E-state index contributed by atoms with van der Waals surface area (Å²) >= 11 is 4.31. The van der Waals surface area contributed by atoms with Crippen LogP contribution in [0.4, 0.5) is 0 Å². The van der Waals surface area contributed by atoms with E-state index in [-0.39, 0.29) is 11.8 Å². The molecule has 0 saturated heterocycles. The first-order valence-electron chi connectivity index (χ1n) is 9.68. The molecule has 2 aromatic carbocycles. The maximum Gasteiger partial charge on any atom is 0.346 e. The molecule has 5 rings (SSSR count). The van der Waals surface area contributed by atoms with Crippen LogP contribution in [0.25, 0.3) is 21.8 Å². The van der Waals surface area contributed by atoms with Gasteiger partial charge in [-0.25, -0.2) is 19.6 Å². The monoisotopic (exact) mass is 626 g/mol. The Balaban J connectivity index is 1.77. The van der Waals surface area contributed by atoms with Crippen molar-refractivity contribution in [1.29, 1.82) is 0 Å². The summed E-state index contributed by atoms with van der Waals surface area (Å²) in [6.45, 7) is 0. The van der Waals surface area contributed by atoms with Crippen molar-refractivity contribution in [3.05, 3.63) is 76.2 Å². The lowest BCUT2D eigenvalue weighted by Crippen LogP contribution is -2.34. The van der Waals surface area contributed by atoms with Gasteiger partial charge in [-0.05, 0) is 94.4 Å². The Labute approximate surface area is 198 Å². The molecule has 0 aliphatic heterocycles. The van der Waals surface area contributed by atoms with Gasteiger partial charge in [-0.2, -0.15) is 0 Å². The maximum absolute atomic E-state index is 12.8. The highest BCUT2D eigenvalue weighted by atomic mass is 127. The molecule has 2 heterocycles. The normalized spacial score (nSPS) is 16.2. The van der Waals surface area contributed by atoms with Gasteiger partial charge in [-0.3, -0.25) is 0 Å². The van der Waals surface area contributed by atoms with E-state index in [1.54, 1.807) is 12.1 Å². The third-order valence-corrected chi connectivity index (χ3v) is 7.05. The Kier molecular flexibility index (Phi) is 5.16. The lowest BCUT2D eigenvalue weighted by atomic mass is 9.73. The molecule has 0 radical (unpaired) electrons.